The Balaban J connectivity index is 2.25. The fraction of sp³-hybridized carbons (Fsp3) is 0.500. The Hall–Kier alpha value is -1.56. The Kier molecular flexibility index (Phi) is 5.64. The third kappa shape index (κ3) is 5.18. The molecule has 0 aliphatic carbocycles. The molecule has 0 fully saturated rings. The van der Waals surface area contributed by atoms with Gasteiger partial charge in [0.05, 0.1) is 5.92 Å². The van der Waals surface area contributed by atoms with E-state index in [1.54, 1.807) is 18.3 Å². The second-order valence-corrected chi connectivity index (χ2v) is 5.31. The molecule has 0 spiro atoms. The number of thiophene rings is 1. The second-order valence-electron chi connectivity index (χ2n) is 4.28. The number of hydrogen-bond acceptors (Lipinski definition) is 3. The van der Waals surface area contributed by atoms with Gasteiger partial charge in [-0.05, 0) is 18.4 Å². The summed E-state index contributed by atoms with van der Waals surface area (Å²) in [6, 6.07) is 3.69. The molecular formula is C12H18N2O3S. The largest absolute Gasteiger partial charge is 0.481 e. The summed E-state index contributed by atoms with van der Waals surface area (Å²) < 4.78 is 0. The maximum Gasteiger partial charge on any atom is 0.315 e. The van der Waals surface area contributed by atoms with E-state index in [0.29, 0.717) is 0 Å². The summed E-state index contributed by atoms with van der Waals surface area (Å²) in [5.41, 5.74) is 0. The summed E-state index contributed by atoms with van der Waals surface area (Å²) in [7, 11) is 0. The predicted octanol–water partition coefficient (Wildman–Crippen LogP) is 1.70. The lowest BCUT2D eigenvalue weighted by Crippen LogP contribution is -2.43. The molecule has 1 aromatic heterocycles. The molecule has 0 radical (unpaired) electrons. The number of urea groups is 1. The number of carbonyl (C=O) groups is 2. The van der Waals surface area contributed by atoms with Gasteiger partial charge in [-0.1, -0.05) is 13.0 Å². The van der Waals surface area contributed by atoms with E-state index in [1.165, 1.54) is 4.88 Å². The molecule has 0 aliphatic rings. The summed E-state index contributed by atoms with van der Waals surface area (Å²) >= 11 is 1.65. The van der Waals surface area contributed by atoms with Crippen molar-refractivity contribution < 1.29 is 14.7 Å². The molecule has 1 rings (SSSR count). The molecule has 6 heteroatoms. The topological polar surface area (TPSA) is 78.4 Å². The maximum absolute atomic E-state index is 11.5. The number of hydrogen-bond donors (Lipinski definition) is 3. The van der Waals surface area contributed by atoms with E-state index in [-0.39, 0.29) is 18.6 Å². The zero-order valence-electron chi connectivity index (χ0n) is 10.5. The average Bonchev–Trinajstić information content (AvgIpc) is 2.78. The summed E-state index contributed by atoms with van der Waals surface area (Å²) in [6.07, 6.45) is 0.777. The summed E-state index contributed by atoms with van der Waals surface area (Å²) in [6.45, 7) is 3.60. The molecule has 3 N–H and O–H groups in total. The van der Waals surface area contributed by atoms with Crippen molar-refractivity contribution in [3.05, 3.63) is 22.4 Å². The Morgan fingerprint density at radius 1 is 1.44 bits per heavy atom. The van der Waals surface area contributed by atoms with Gasteiger partial charge in [-0.25, -0.2) is 4.79 Å². The van der Waals surface area contributed by atoms with E-state index in [1.807, 2.05) is 24.4 Å². The Morgan fingerprint density at radius 3 is 2.72 bits per heavy atom. The van der Waals surface area contributed by atoms with Crippen molar-refractivity contribution in [1.82, 2.24) is 10.6 Å². The van der Waals surface area contributed by atoms with Gasteiger partial charge in [0.25, 0.3) is 0 Å². The van der Waals surface area contributed by atoms with Gasteiger partial charge in [-0.15, -0.1) is 11.3 Å². The normalized spacial score (nSPS) is 13.7. The van der Waals surface area contributed by atoms with Gasteiger partial charge in [0.2, 0.25) is 0 Å². The van der Waals surface area contributed by atoms with Gasteiger partial charge in [0.1, 0.15) is 0 Å². The lowest BCUT2D eigenvalue weighted by Gasteiger charge is -2.14. The first-order valence-electron chi connectivity index (χ1n) is 5.78. The van der Waals surface area contributed by atoms with E-state index in [9.17, 15) is 9.59 Å². The molecule has 2 amide bonds. The van der Waals surface area contributed by atoms with Crippen molar-refractivity contribution in [1.29, 1.82) is 0 Å². The molecule has 0 aromatic carbocycles. The minimum atomic E-state index is -0.915. The van der Waals surface area contributed by atoms with Gasteiger partial charge < -0.3 is 15.7 Å². The first kappa shape index (κ1) is 14.5. The number of aliphatic carboxylic acids is 1. The van der Waals surface area contributed by atoms with Crippen LogP contribution in [0.3, 0.4) is 0 Å². The number of carbonyl (C=O) groups excluding carboxylic acids is 1. The van der Waals surface area contributed by atoms with E-state index in [4.69, 9.17) is 5.11 Å². The van der Waals surface area contributed by atoms with Crippen LogP contribution < -0.4 is 10.6 Å². The van der Waals surface area contributed by atoms with Crippen molar-refractivity contribution in [2.45, 2.75) is 26.3 Å². The number of amides is 2. The second kappa shape index (κ2) is 7.00. The van der Waals surface area contributed by atoms with E-state index < -0.39 is 11.9 Å². The first-order chi connectivity index (χ1) is 8.49. The fourth-order valence-corrected chi connectivity index (χ4v) is 2.22. The average molecular weight is 270 g/mol. The minimum Gasteiger partial charge on any atom is -0.481 e. The molecule has 0 saturated heterocycles. The van der Waals surface area contributed by atoms with Crippen LogP contribution in [0.15, 0.2) is 17.5 Å². The molecular weight excluding hydrogens is 252 g/mol. The summed E-state index contributed by atoms with van der Waals surface area (Å²) in [5.74, 6) is -1.50. The third-order valence-corrected chi connectivity index (χ3v) is 3.35. The molecule has 2 atom stereocenters. The molecule has 18 heavy (non-hydrogen) atoms. The van der Waals surface area contributed by atoms with Crippen LogP contribution in [0.25, 0.3) is 0 Å². The number of nitrogens with one attached hydrogen (secondary N) is 2. The Bertz CT molecular complexity index is 392. The SMILES string of the molecule is CC(Cc1cccs1)NC(=O)NCC(C)C(=O)O. The lowest BCUT2D eigenvalue weighted by atomic mass is 10.2. The summed E-state index contributed by atoms with van der Waals surface area (Å²) in [5, 5.41) is 16.0. The molecule has 1 heterocycles. The number of rotatable bonds is 6. The Labute approximate surface area is 110 Å². The molecule has 0 saturated carbocycles. The van der Waals surface area contributed by atoms with E-state index >= 15 is 0 Å². The van der Waals surface area contributed by atoms with Crippen LogP contribution in [0.5, 0.6) is 0 Å². The van der Waals surface area contributed by atoms with Gasteiger partial charge in [0.15, 0.2) is 0 Å². The van der Waals surface area contributed by atoms with E-state index in [0.717, 1.165) is 6.42 Å². The molecule has 1 aromatic rings. The van der Waals surface area contributed by atoms with Crippen LogP contribution in [0, 0.1) is 5.92 Å². The predicted molar refractivity (Wildman–Crippen MR) is 70.8 cm³/mol. The number of carboxylic acids is 1. The molecule has 0 aliphatic heterocycles. The fourth-order valence-electron chi connectivity index (χ4n) is 1.39. The van der Waals surface area contributed by atoms with Gasteiger partial charge in [-0.3, -0.25) is 4.79 Å². The van der Waals surface area contributed by atoms with Crippen LogP contribution in [0.4, 0.5) is 4.79 Å². The first-order valence-corrected chi connectivity index (χ1v) is 6.66. The van der Waals surface area contributed by atoms with Gasteiger partial charge in [-0.2, -0.15) is 0 Å². The molecule has 0 bridgehead atoms. The minimum absolute atomic E-state index is 0.0174. The van der Waals surface area contributed by atoms with Crippen LogP contribution in [0.2, 0.25) is 0 Å². The molecule has 2 unspecified atom stereocenters. The standard InChI is InChI=1S/C12H18N2O3S/c1-8(11(15)16)7-13-12(17)14-9(2)6-10-4-3-5-18-10/h3-5,8-9H,6-7H2,1-2H3,(H,15,16)(H2,13,14,17). The van der Waals surface area contributed by atoms with E-state index in [2.05, 4.69) is 10.6 Å². The smallest absolute Gasteiger partial charge is 0.315 e. The quantitative estimate of drug-likeness (QED) is 0.736. The zero-order chi connectivity index (χ0) is 13.5. The highest BCUT2D eigenvalue weighted by Gasteiger charge is 2.13. The maximum atomic E-state index is 11.5. The van der Waals surface area contributed by atoms with Crippen molar-refractivity contribution in [2.24, 2.45) is 5.92 Å². The van der Waals surface area contributed by atoms with Crippen LogP contribution in [-0.4, -0.2) is 29.7 Å². The monoisotopic (exact) mass is 270 g/mol. The van der Waals surface area contributed by atoms with Crippen molar-refractivity contribution in [2.75, 3.05) is 6.54 Å². The number of carboxylic acid groups (broad SMARTS) is 1. The highest BCUT2D eigenvalue weighted by Crippen LogP contribution is 2.10. The zero-order valence-corrected chi connectivity index (χ0v) is 11.3. The van der Waals surface area contributed by atoms with Crippen LogP contribution >= 0.6 is 11.3 Å². The van der Waals surface area contributed by atoms with Gasteiger partial charge in [0, 0.05) is 23.9 Å². The van der Waals surface area contributed by atoms with Crippen molar-refractivity contribution >= 4 is 23.3 Å². The van der Waals surface area contributed by atoms with Gasteiger partial charge >= 0.3 is 12.0 Å². The van der Waals surface area contributed by atoms with Crippen molar-refractivity contribution in [3.63, 3.8) is 0 Å². The molecule has 5 nitrogen and oxygen atoms in total. The summed E-state index contributed by atoms with van der Waals surface area (Å²) in [4.78, 5) is 23.3. The van der Waals surface area contributed by atoms with Crippen LogP contribution in [-0.2, 0) is 11.2 Å². The molecule has 100 valence electrons. The Morgan fingerprint density at radius 2 is 2.17 bits per heavy atom. The lowest BCUT2D eigenvalue weighted by molar-refractivity contribution is -0.140. The third-order valence-electron chi connectivity index (χ3n) is 2.46. The highest BCUT2D eigenvalue weighted by atomic mass is 32.1. The van der Waals surface area contributed by atoms with Crippen molar-refractivity contribution in [3.8, 4) is 0 Å². The van der Waals surface area contributed by atoms with Crippen LogP contribution in [0.1, 0.15) is 18.7 Å². The highest BCUT2D eigenvalue weighted by molar-refractivity contribution is 7.09.